The molecule has 2 rings (SSSR count). The molecule has 0 radical (unpaired) electrons. The van der Waals surface area contributed by atoms with Gasteiger partial charge in [-0.1, -0.05) is 0 Å². The van der Waals surface area contributed by atoms with Crippen LogP contribution in [0.2, 0.25) is 0 Å². The summed E-state index contributed by atoms with van der Waals surface area (Å²) in [6.07, 6.45) is 3.47. The van der Waals surface area contributed by atoms with Crippen LogP contribution in [0.5, 0.6) is 0 Å². The van der Waals surface area contributed by atoms with Crippen molar-refractivity contribution in [2.24, 2.45) is 5.92 Å². The minimum absolute atomic E-state index is 0.267. The molecule has 1 fully saturated rings. The number of hydrogen-bond acceptors (Lipinski definition) is 3. The molecule has 0 saturated carbocycles. The Morgan fingerprint density at radius 1 is 1.62 bits per heavy atom. The lowest BCUT2D eigenvalue weighted by Crippen LogP contribution is -2.22. The second kappa shape index (κ2) is 3.68. The smallest absolute Gasteiger partial charge is 0.0912 e. The fourth-order valence-corrected chi connectivity index (χ4v) is 1.99. The van der Waals surface area contributed by atoms with Gasteiger partial charge in [-0.2, -0.15) is 0 Å². The Morgan fingerprint density at radius 2 is 2.46 bits per heavy atom. The van der Waals surface area contributed by atoms with Crippen LogP contribution < -0.4 is 0 Å². The predicted molar refractivity (Wildman–Crippen MR) is 48.2 cm³/mol. The molecule has 0 bridgehead atoms. The summed E-state index contributed by atoms with van der Waals surface area (Å²) in [5.74, 6) is 0.267. The fourth-order valence-electron chi connectivity index (χ4n) is 1.99. The number of rotatable bonds is 2. The highest BCUT2D eigenvalue weighted by Gasteiger charge is 2.31. The van der Waals surface area contributed by atoms with E-state index in [1.165, 1.54) is 0 Å². The molecule has 74 valence electrons. The van der Waals surface area contributed by atoms with Crippen LogP contribution >= 0.6 is 0 Å². The van der Waals surface area contributed by atoms with E-state index in [1.807, 2.05) is 6.92 Å². The molecule has 1 N–H and O–H groups in total. The van der Waals surface area contributed by atoms with Gasteiger partial charge in [-0.05, 0) is 18.9 Å². The number of hydrogen-bond donors (Lipinski definition) is 1. The van der Waals surface area contributed by atoms with E-state index in [0.717, 1.165) is 25.0 Å². The minimum Gasteiger partial charge on any atom is -0.501 e. The van der Waals surface area contributed by atoms with Gasteiger partial charge in [-0.3, -0.25) is 0 Å². The van der Waals surface area contributed by atoms with Crippen molar-refractivity contribution in [1.29, 1.82) is 0 Å². The zero-order valence-corrected chi connectivity index (χ0v) is 7.90. The summed E-state index contributed by atoms with van der Waals surface area (Å²) in [6.45, 7) is 3.45. The van der Waals surface area contributed by atoms with E-state index in [9.17, 15) is 5.11 Å². The summed E-state index contributed by atoms with van der Waals surface area (Å²) >= 11 is 0. The number of ether oxygens (including phenoxy) is 2. The van der Waals surface area contributed by atoms with Crippen molar-refractivity contribution in [1.82, 2.24) is 0 Å². The highest BCUT2D eigenvalue weighted by atomic mass is 16.5. The van der Waals surface area contributed by atoms with E-state index in [1.54, 1.807) is 6.26 Å². The average Bonchev–Trinajstić information content (AvgIpc) is 2.72. The Labute approximate surface area is 78.3 Å². The molecule has 0 aromatic heterocycles. The van der Waals surface area contributed by atoms with Crippen LogP contribution in [0.15, 0.2) is 11.8 Å². The third-order valence-electron chi connectivity index (χ3n) is 2.80. The zero-order valence-electron chi connectivity index (χ0n) is 7.90. The Bertz CT molecular complexity index is 212. The van der Waals surface area contributed by atoms with Crippen LogP contribution in [0.4, 0.5) is 0 Å². The van der Waals surface area contributed by atoms with Gasteiger partial charge >= 0.3 is 0 Å². The number of aliphatic hydroxyl groups excluding tert-OH is 1. The molecule has 0 aliphatic carbocycles. The van der Waals surface area contributed by atoms with Crippen molar-refractivity contribution in [3.8, 4) is 0 Å². The summed E-state index contributed by atoms with van der Waals surface area (Å²) in [7, 11) is 0. The van der Waals surface area contributed by atoms with Crippen LogP contribution in [-0.4, -0.2) is 30.5 Å². The summed E-state index contributed by atoms with van der Waals surface area (Å²) in [5, 5.41) is 9.94. The summed E-state index contributed by atoms with van der Waals surface area (Å²) < 4.78 is 10.5. The molecule has 2 heterocycles. The third kappa shape index (κ3) is 1.86. The monoisotopic (exact) mass is 184 g/mol. The largest absolute Gasteiger partial charge is 0.501 e. The maximum absolute atomic E-state index is 9.94. The van der Waals surface area contributed by atoms with Gasteiger partial charge in [0.25, 0.3) is 0 Å². The molecule has 0 amide bonds. The third-order valence-corrected chi connectivity index (χ3v) is 2.80. The lowest BCUT2D eigenvalue weighted by atomic mass is 9.93. The zero-order chi connectivity index (χ0) is 9.26. The molecule has 0 aromatic rings. The van der Waals surface area contributed by atoms with Gasteiger partial charge in [-0.15, -0.1) is 0 Å². The lowest BCUT2D eigenvalue weighted by molar-refractivity contribution is 0.0950. The van der Waals surface area contributed by atoms with E-state index in [2.05, 4.69) is 0 Å². The van der Waals surface area contributed by atoms with E-state index in [-0.39, 0.29) is 12.0 Å². The quantitative estimate of drug-likeness (QED) is 0.697. The Kier molecular flexibility index (Phi) is 2.56. The normalized spacial score (nSPS) is 35.7. The van der Waals surface area contributed by atoms with Gasteiger partial charge in [0.15, 0.2) is 0 Å². The molecule has 13 heavy (non-hydrogen) atoms. The molecular weight excluding hydrogens is 168 g/mol. The number of aliphatic hydroxyl groups is 1. The first-order valence-electron chi connectivity index (χ1n) is 4.87. The molecule has 2 aliphatic heterocycles. The first-order chi connectivity index (χ1) is 6.27. The Balaban J connectivity index is 1.92. The van der Waals surface area contributed by atoms with E-state index in [4.69, 9.17) is 9.47 Å². The maximum Gasteiger partial charge on any atom is 0.0912 e. The molecule has 1 saturated heterocycles. The molecule has 3 heteroatoms. The molecule has 3 nitrogen and oxygen atoms in total. The van der Waals surface area contributed by atoms with Gasteiger partial charge in [0.2, 0.25) is 0 Å². The average molecular weight is 184 g/mol. The van der Waals surface area contributed by atoms with Gasteiger partial charge in [-0.25, -0.2) is 0 Å². The van der Waals surface area contributed by atoms with Crippen LogP contribution in [0.1, 0.15) is 19.8 Å². The lowest BCUT2D eigenvalue weighted by Gasteiger charge is -2.16. The molecule has 3 unspecified atom stereocenters. The van der Waals surface area contributed by atoms with Crippen molar-refractivity contribution in [3.63, 3.8) is 0 Å². The standard InChI is InChI=1S/C10H16O3/c1-7-4-9(6-13-7)10(11)8-2-3-12-5-8/h5,7,9-11H,2-4,6H2,1H3. The van der Waals surface area contributed by atoms with Crippen LogP contribution in [-0.2, 0) is 9.47 Å². The van der Waals surface area contributed by atoms with E-state index < -0.39 is 0 Å². The van der Waals surface area contributed by atoms with Crippen molar-refractivity contribution >= 4 is 0 Å². The van der Waals surface area contributed by atoms with E-state index in [0.29, 0.717) is 12.7 Å². The maximum atomic E-state index is 9.94. The molecule has 3 atom stereocenters. The first-order valence-corrected chi connectivity index (χ1v) is 4.87. The van der Waals surface area contributed by atoms with Crippen molar-refractivity contribution in [2.45, 2.75) is 32.0 Å². The van der Waals surface area contributed by atoms with Gasteiger partial charge in [0.1, 0.15) is 0 Å². The van der Waals surface area contributed by atoms with Crippen molar-refractivity contribution in [2.75, 3.05) is 13.2 Å². The SMILES string of the molecule is CC1CC(C(O)C2=COCC2)CO1. The van der Waals surface area contributed by atoms with Gasteiger partial charge in [0, 0.05) is 12.3 Å². The first kappa shape index (κ1) is 9.03. The highest BCUT2D eigenvalue weighted by Crippen LogP contribution is 2.28. The van der Waals surface area contributed by atoms with E-state index >= 15 is 0 Å². The molecule has 0 aromatic carbocycles. The van der Waals surface area contributed by atoms with Crippen molar-refractivity contribution in [3.05, 3.63) is 11.8 Å². The fraction of sp³-hybridized carbons (Fsp3) is 0.800. The summed E-state index contributed by atoms with van der Waals surface area (Å²) in [6, 6.07) is 0. The summed E-state index contributed by atoms with van der Waals surface area (Å²) in [5.41, 5.74) is 1.03. The molecule has 0 spiro atoms. The topological polar surface area (TPSA) is 38.7 Å². The van der Waals surface area contributed by atoms with Crippen molar-refractivity contribution < 1.29 is 14.6 Å². The summed E-state index contributed by atoms with van der Waals surface area (Å²) in [4.78, 5) is 0. The predicted octanol–water partition coefficient (Wildman–Crippen LogP) is 1.08. The minimum atomic E-state index is -0.354. The Hall–Kier alpha value is -0.540. The van der Waals surface area contributed by atoms with Crippen LogP contribution in [0.25, 0.3) is 0 Å². The van der Waals surface area contributed by atoms with Gasteiger partial charge in [0.05, 0.1) is 31.7 Å². The Morgan fingerprint density at radius 3 is 3.00 bits per heavy atom. The second-order valence-electron chi connectivity index (χ2n) is 3.90. The molecular formula is C10H16O3. The molecule has 2 aliphatic rings. The van der Waals surface area contributed by atoms with Crippen LogP contribution in [0, 0.1) is 5.92 Å². The second-order valence-corrected chi connectivity index (χ2v) is 3.90. The highest BCUT2D eigenvalue weighted by molar-refractivity contribution is 5.10. The van der Waals surface area contributed by atoms with Gasteiger partial charge < -0.3 is 14.6 Å². The van der Waals surface area contributed by atoms with Crippen LogP contribution in [0.3, 0.4) is 0 Å².